The number of aliphatic imine (C=N–C) groups is 1. The molecular formula is C25H37ClN4O. The van der Waals surface area contributed by atoms with E-state index in [4.69, 9.17) is 11.6 Å². The highest BCUT2D eigenvalue weighted by molar-refractivity contribution is 6.19. The van der Waals surface area contributed by atoms with Crippen LogP contribution in [-0.4, -0.2) is 42.8 Å². The fraction of sp³-hybridized carbons (Fsp3) is 0.600. The molecule has 6 heteroatoms. The van der Waals surface area contributed by atoms with Crippen molar-refractivity contribution in [1.29, 1.82) is 0 Å². The van der Waals surface area contributed by atoms with E-state index in [2.05, 4.69) is 54.6 Å². The molecule has 5 nitrogen and oxygen atoms in total. The van der Waals surface area contributed by atoms with Crippen LogP contribution in [0, 0.1) is 11.3 Å². The van der Waals surface area contributed by atoms with Gasteiger partial charge in [0.25, 0.3) is 0 Å². The van der Waals surface area contributed by atoms with Crippen molar-refractivity contribution in [3.05, 3.63) is 47.2 Å². The van der Waals surface area contributed by atoms with Gasteiger partial charge in [0.1, 0.15) is 6.00 Å². The zero-order valence-electron chi connectivity index (χ0n) is 19.4. The van der Waals surface area contributed by atoms with Crippen LogP contribution in [0.1, 0.15) is 69.2 Å². The lowest BCUT2D eigenvalue weighted by Gasteiger charge is -2.28. The summed E-state index contributed by atoms with van der Waals surface area (Å²) in [7, 11) is 1.86. The summed E-state index contributed by atoms with van der Waals surface area (Å²) in [5.41, 5.74) is 4.70. The smallest absolute Gasteiger partial charge is 0.317 e. The minimum absolute atomic E-state index is 0.0639. The summed E-state index contributed by atoms with van der Waals surface area (Å²) in [5, 5.41) is 6.36. The molecule has 1 aromatic carbocycles. The van der Waals surface area contributed by atoms with Crippen LogP contribution in [0.15, 0.2) is 35.5 Å². The van der Waals surface area contributed by atoms with E-state index in [1.165, 1.54) is 11.1 Å². The summed E-state index contributed by atoms with van der Waals surface area (Å²) in [6.45, 7) is 8.51. The number of fused-ring (bicyclic) bond motifs is 1. The number of likely N-dealkylation sites (tertiary alicyclic amines) is 1. The van der Waals surface area contributed by atoms with Crippen LogP contribution >= 0.6 is 11.6 Å². The van der Waals surface area contributed by atoms with E-state index in [-0.39, 0.29) is 23.5 Å². The number of nitrogens with zero attached hydrogens (tertiary/aromatic N) is 2. The first-order chi connectivity index (χ1) is 14.8. The van der Waals surface area contributed by atoms with Crippen molar-refractivity contribution in [2.24, 2.45) is 16.3 Å². The fourth-order valence-electron chi connectivity index (χ4n) is 4.65. The standard InChI is InChI=1S/C25H37ClN4O/c1-25(2,3)20-12-14-30(16-20)24(31)29-23-8-6-5-7-18-15-19(9-10-21(18)23)22(28-17-26)11-13-27-4/h9-11,13,15,20,23,27H,5-8,12,14,16-17H2,1-4H3,(H,29,31)/b13-11-,28-22+. The average molecular weight is 445 g/mol. The SMILES string of the molecule is CN/C=C\C(=N/CCl)c1ccc2c(c1)CCCCC2NC(=O)N1CCC(C(C)(C)C)C1. The van der Waals surface area contributed by atoms with E-state index in [0.29, 0.717) is 5.92 Å². The van der Waals surface area contributed by atoms with E-state index >= 15 is 0 Å². The number of hydrogen-bond acceptors (Lipinski definition) is 3. The highest BCUT2D eigenvalue weighted by atomic mass is 35.5. The molecule has 1 heterocycles. The van der Waals surface area contributed by atoms with Gasteiger partial charge in [-0.3, -0.25) is 4.99 Å². The Hall–Kier alpha value is -2.01. The van der Waals surface area contributed by atoms with Crippen LogP contribution in [0.4, 0.5) is 4.79 Å². The number of amides is 2. The van der Waals surface area contributed by atoms with E-state index in [1.54, 1.807) is 0 Å². The Labute approximate surface area is 192 Å². The molecule has 2 unspecified atom stereocenters. The molecule has 1 aliphatic heterocycles. The van der Waals surface area contributed by atoms with Crippen molar-refractivity contribution in [3.8, 4) is 0 Å². The monoisotopic (exact) mass is 444 g/mol. The van der Waals surface area contributed by atoms with Crippen molar-refractivity contribution in [1.82, 2.24) is 15.5 Å². The number of carbonyl (C=O) groups excluding carboxylic acids is 1. The summed E-state index contributed by atoms with van der Waals surface area (Å²) in [6.07, 6.45) is 9.14. The van der Waals surface area contributed by atoms with Gasteiger partial charge in [-0.1, -0.05) is 39.3 Å². The van der Waals surface area contributed by atoms with Gasteiger partial charge in [0, 0.05) is 25.7 Å². The molecule has 2 N–H and O–H groups in total. The fourth-order valence-corrected chi connectivity index (χ4v) is 4.78. The minimum atomic E-state index is 0.0639. The van der Waals surface area contributed by atoms with E-state index in [1.807, 2.05) is 24.2 Å². The first-order valence-electron chi connectivity index (χ1n) is 11.5. The van der Waals surface area contributed by atoms with Gasteiger partial charge in [-0.05, 0) is 66.5 Å². The number of allylic oxidation sites excluding steroid dienone is 1. The Balaban J connectivity index is 1.77. The van der Waals surface area contributed by atoms with Gasteiger partial charge in [0.15, 0.2) is 0 Å². The number of benzene rings is 1. The predicted octanol–water partition coefficient (Wildman–Crippen LogP) is 5.25. The van der Waals surface area contributed by atoms with Crippen molar-refractivity contribution < 1.29 is 4.79 Å². The third kappa shape index (κ3) is 6.03. The van der Waals surface area contributed by atoms with E-state index in [9.17, 15) is 4.79 Å². The van der Waals surface area contributed by atoms with Crippen LogP contribution in [-0.2, 0) is 6.42 Å². The van der Waals surface area contributed by atoms with Gasteiger partial charge in [-0.15, -0.1) is 11.6 Å². The largest absolute Gasteiger partial charge is 0.394 e. The zero-order chi connectivity index (χ0) is 22.4. The summed E-state index contributed by atoms with van der Waals surface area (Å²) in [5.74, 6) is 0.563. The Kier molecular flexibility index (Phi) is 8.04. The highest BCUT2D eigenvalue weighted by Gasteiger charge is 2.34. The number of rotatable bonds is 5. The quantitative estimate of drug-likeness (QED) is 0.282. The average Bonchev–Trinajstić information content (AvgIpc) is 3.16. The van der Waals surface area contributed by atoms with Crippen LogP contribution < -0.4 is 10.6 Å². The van der Waals surface area contributed by atoms with Gasteiger partial charge in [-0.2, -0.15) is 0 Å². The Bertz CT molecular complexity index is 827. The second-order valence-electron chi connectivity index (χ2n) is 9.74. The first kappa shape index (κ1) is 23.6. The van der Waals surface area contributed by atoms with Gasteiger partial charge in [0.2, 0.25) is 0 Å². The maximum Gasteiger partial charge on any atom is 0.317 e. The Morgan fingerprint density at radius 1 is 1.29 bits per heavy atom. The van der Waals surface area contributed by atoms with Crippen LogP contribution in [0.3, 0.4) is 0 Å². The molecular weight excluding hydrogens is 408 g/mol. The lowest BCUT2D eigenvalue weighted by atomic mass is 9.80. The lowest BCUT2D eigenvalue weighted by Crippen LogP contribution is -2.41. The van der Waals surface area contributed by atoms with Crippen molar-refractivity contribution in [3.63, 3.8) is 0 Å². The number of halogens is 1. The Morgan fingerprint density at radius 2 is 2.10 bits per heavy atom. The molecule has 1 saturated heterocycles. The molecule has 3 rings (SSSR count). The molecule has 1 fully saturated rings. The van der Waals surface area contributed by atoms with Crippen molar-refractivity contribution in [2.45, 2.75) is 58.9 Å². The molecule has 2 atom stereocenters. The maximum atomic E-state index is 13.1. The number of carbonyl (C=O) groups is 1. The number of urea groups is 1. The molecule has 1 aromatic rings. The number of hydrogen-bond donors (Lipinski definition) is 2. The van der Waals surface area contributed by atoms with Crippen LogP contribution in [0.2, 0.25) is 0 Å². The van der Waals surface area contributed by atoms with Crippen molar-refractivity contribution >= 4 is 23.3 Å². The minimum Gasteiger partial charge on any atom is -0.394 e. The molecule has 1 aliphatic carbocycles. The van der Waals surface area contributed by atoms with Crippen molar-refractivity contribution in [2.75, 3.05) is 26.1 Å². The maximum absolute atomic E-state index is 13.1. The summed E-state index contributed by atoms with van der Waals surface area (Å²) < 4.78 is 0. The van der Waals surface area contributed by atoms with E-state index in [0.717, 1.165) is 56.5 Å². The highest BCUT2D eigenvalue weighted by Crippen LogP contribution is 2.34. The van der Waals surface area contributed by atoms with Gasteiger partial charge in [0.05, 0.1) is 11.8 Å². The van der Waals surface area contributed by atoms with Crippen LogP contribution in [0.5, 0.6) is 0 Å². The summed E-state index contributed by atoms with van der Waals surface area (Å²) in [6, 6.07) is 6.85. The molecule has 0 aromatic heterocycles. The Morgan fingerprint density at radius 3 is 2.77 bits per heavy atom. The molecule has 2 amide bonds. The van der Waals surface area contributed by atoms with Crippen LogP contribution in [0.25, 0.3) is 0 Å². The lowest BCUT2D eigenvalue weighted by molar-refractivity contribution is 0.192. The normalized spacial score (nSPS) is 22.4. The summed E-state index contributed by atoms with van der Waals surface area (Å²) >= 11 is 5.88. The second kappa shape index (κ2) is 10.5. The molecule has 31 heavy (non-hydrogen) atoms. The second-order valence-corrected chi connectivity index (χ2v) is 9.98. The number of aryl methyl sites for hydroxylation is 1. The molecule has 0 bridgehead atoms. The van der Waals surface area contributed by atoms with E-state index < -0.39 is 0 Å². The van der Waals surface area contributed by atoms with Gasteiger partial charge >= 0.3 is 6.03 Å². The number of alkyl halides is 1. The molecule has 0 saturated carbocycles. The van der Waals surface area contributed by atoms with Gasteiger partial charge in [-0.25, -0.2) is 4.79 Å². The summed E-state index contributed by atoms with van der Waals surface area (Å²) in [4.78, 5) is 19.5. The molecule has 0 radical (unpaired) electrons. The topological polar surface area (TPSA) is 56.7 Å². The zero-order valence-corrected chi connectivity index (χ0v) is 20.1. The third-order valence-electron chi connectivity index (χ3n) is 6.64. The number of nitrogens with one attached hydrogen (secondary N) is 2. The van der Waals surface area contributed by atoms with Gasteiger partial charge < -0.3 is 15.5 Å². The third-order valence-corrected chi connectivity index (χ3v) is 6.76. The predicted molar refractivity (Wildman–Crippen MR) is 130 cm³/mol. The molecule has 2 aliphatic rings. The molecule has 0 spiro atoms. The molecule has 170 valence electrons. The first-order valence-corrected chi connectivity index (χ1v) is 12.0.